The van der Waals surface area contributed by atoms with E-state index in [1.807, 2.05) is 4.90 Å². The number of carbonyl (C=O) groups excluding carboxylic acids is 1. The summed E-state index contributed by atoms with van der Waals surface area (Å²) in [5.74, 6) is 0.463. The zero-order valence-electron chi connectivity index (χ0n) is 13.9. The number of nitrogens with zero attached hydrogens (tertiary/aromatic N) is 3. The third kappa shape index (κ3) is 4.16. The van der Waals surface area contributed by atoms with Crippen LogP contribution in [-0.4, -0.2) is 33.9 Å². The fourth-order valence-electron chi connectivity index (χ4n) is 3.23. The van der Waals surface area contributed by atoms with E-state index in [1.165, 1.54) is 12.1 Å². The lowest BCUT2D eigenvalue weighted by molar-refractivity contribution is -0.130. The SMILES string of the molecule is CC(=O)N1CCC(Cc2nccnc2Cc2ccc(F)cc2)CC1. The molecule has 0 spiro atoms. The molecule has 0 saturated carbocycles. The average Bonchev–Trinajstić information content (AvgIpc) is 2.59. The van der Waals surface area contributed by atoms with E-state index in [1.54, 1.807) is 31.5 Å². The molecule has 1 aromatic carbocycles. The van der Waals surface area contributed by atoms with Crippen molar-refractivity contribution in [1.29, 1.82) is 0 Å². The predicted octanol–water partition coefficient (Wildman–Crippen LogP) is 3.01. The Labute approximate surface area is 141 Å². The topological polar surface area (TPSA) is 46.1 Å². The Morgan fingerprint density at radius 1 is 1.12 bits per heavy atom. The number of likely N-dealkylation sites (tertiary alicyclic amines) is 1. The lowest BCUT2D eigenvalue weighted by Crippen LogP contribution is -2.37. The van der Waals surface area contributed by atoms with Gasteiger partial charge in [-0.15, -0.1) is 0 Å². The molecular weight excluding hydrogens is 305 g/mol. The highest BCUT2D eigenvalue weighted by molar-refractivity contribution is 5.73. The molecule has 24 heavy (non-hydrogen) atoms. The van der Waals surface area contributed by atoms with Crippen molar-refractivity contribution < 1.29 is 9.18 Å². The van der Waals surface area contributed by atoms with Crippen LogP contribution in [0.25, 0.3) is 0 Å². The molecule has 5 heteroatoms. The van der Waals surface area contributed by atoms with Crippen LogP contribution in [0.2, 0.25) is 0 Å². The normalized spacial score (nSPS) is 15.5. The Balaban J connectivity index is 1.66. The Morgan fingerprint density at radius 2 is 1.75 bits per heavy atom. The molecule has 2 heterocycles. The van der Waals surface area contributed by atoms with Crippen molar-refractivity contribution in [1.82, 2.24) is 14.9 Å². The monoisotopic (exact) mass is 327 g/mol. The number of benzene rings is 1. The number of hydrogen-bond donors (Lipinski definition) is 0. The largest absolute Gasteiger partial charge is 0.343 e. The second-order valence-electron chi connectivity index (χ2n) is 6.41. The highest BCUT2D eigenvalue weighted by Crippen LogP contribution is 2.23. The molecule has 0 unspecified atom stereocenters. The van der Waals surface area contributed by atoms with Crippen LogP contribution in [0.1, 0.15) is 36.7 Å². The van der Waals surface area contributed by atoms with E-state index in [0.717, 1.165) is 49.3 Å². The standard InChI is InChI=1S/C19H22FN3O/c1-14(24)23-10-6-16(7-11-23)13-19-18(21-8-9-22-19)12-15-2-4-17(20)5-3-15/h2-5,8-9,16H,6-7,10-13H2,1H3. The van der Waals surface area contributed by atoms with E-state index in [-0.39, 0.29) is 11.7 Å². The average molecular weight is 327 g/mol. The minimum Gasteiger partial charge on any atom is -0.343 e. The molecule has 1 aliphatic heterocycles. The summed E-state index contributed by atoms with van der Waals surface area (Å²) in [5.41, 5.74) is 3.01. The summed E-state index contributed by atoms with van der Waals surface area (Å²) in [6.07, 6.45) is 7.00. The molecule has 0 N–H and O–H groups in total. The van der Waals surface area contributed by atoms with Gasteiger partial charge >= 0.3 is 0 Å². The highest BCUT2D eigenvalue weighted by Gasteiger charge is 2.22. The van der Waals surface area contributed by atoms with Gasteiger partial charge in [0.2, 0.25) is 5.91 Å². The molecular formula is C19H22FN3O. The van der Waals surface area contributed by atoms with Gasteiger partial charge in [-0.2, -0.15) is 0 Å². The van der Waals surface area contributed by atoms with Crippen molar-refractivity contribution >= 4 is 5.91 Å². The lowest BCUT2D eigenvalue weighted by atomic mass is 9.91. The van der Waals surface area contributed by atoms with Gasteiger partial charge in [-0.05, 0) is 42.9 Å². The summed E-state index contributed by atoms with van der Waals surface area (Å²) < 4.78 is 13.0. The summed E-state index contributed by atoms with van der Waals surface area (Å²) in [4.78, 5) is 22.3. The van der Waals surface area contributed by atoms with Gasteiger partial charge in [0, 0.05) is 38.8 Å². The van der Waals surface area contributed by atoms with Gasteiger partial charge in [-0.1, -0.05) is 12.1 Å². The molecule has 0 atom stereocenters. The number of carbonyl (C=O) groups is 1. The molecule has 3 rings (SSSR count). The molecule has 2 aromatic rings. The number of piperidine rings is 1. The second kappa shape index (κ2) is 7.51. The zero-order valence-corrected chi connectivity index (χ0v) is 13.9. The summed E-state index contributed by atoms with van der Waals surface area (Å²) in [6.45, 7) is 3.28. The molecule has 0 radical (unpaired) electrons. The van der Waals surface area contributed by atoms with E-state index >= 15 is 0 Å². The first-order valence-electron chi connectivity index (χ1n) is 8.40. The van der Waals surface area contributed by atoms with Gasteiger partial charge in [0.1, 0.15) is 5.82 Å². The van der Waals surface area contributed by atoms with Crippen LogP contribution in [0.4, 0.5) is 4.39 Å². The summed E-state index contributed by atoms with van der Waals surface area (Å²) in [6, 6.07) is 6.53. The highest BCUT2D eigenvalue weighted by atomic mass is 19.1. The summed E-state index contributed by atoms with van der Waals surface area (Å²) >= 11 is 0. The van der Waals surface area contributed by atoms with Gasteiger partial charge in [0.05, 0.1) is 11.4 Å². The summed E-state index contributed by atoms with van der Waals surface area (Å²) in [5, 5.41) is 0. The number of hydrogen-bond acceptors (Lipinski definition) is 3. The first-order chi connectivity index (χ1) is 11.6. The molecule has 1 aromatic heterocycles. The molecule has 1 saturated heterocycles. The van der Waals surface area contributed by atoms with Gasteiger partial charge < -0.3 is 4.90 Å². The Kier molecular flexibility index (Phi) is 5.18. The molecule has 1 amide bonds. The van der Waals surface area contributed by atoms with Crippen molar-refractivity contribution in [3.05, 3.63) is 59.4 Å². The fraction of sp³-hybridized carbons (Fsp3) is 0.421. The zero-order chi connectivity index (χ0) is 16.9. The smallest absolute Gasteiger partial charge is 0.219 e. The van der Waals surface area contributed by atoms with Gasteiger partial charge in [0.15, 0.2) is 0 Å². The maximum absolute atomic E-state index is 13.0. The van der Waals surface area contributed by atoms with E-state index in [0.29, 0.717) is 12.3 Å². The molecule has 0 bridgehead atoms. The van der Waals surface area contributed by atoms with Crippen molar-refractivity contribution in [3.8, 4) is 0 Å². The molecule has 4 nitrogen and oxygen atoms in total. The van der Waals surface area contributed by atoms with E-state index < -0.39 is 0 Å². The van der Waals surface area contributed by atoms with Crippen molar-refractivity contribution in [3.63, 3.8) is 0 Å². The van der Waals surface area contributed by atoms with Crippen molar-refractivity contribution in [2.45, 2.75) is 32.6 Å². The van der Waals surface area contributed by atoms with Crippen molar-refractivity contribution in [2.75, 3.05) is 13.1 Å². The Hall–Kier alpha value is -2.30. The van der Waals surface area contributed by atoms with E-state index in [2.05, 4.69) is 9.97 Å². The van der Waals surface area contributed by atoms with E-state index in [9.17, 15) is 9.18 Å². The van der Waals surface area contributed by atoms with Crippen LogP contribution >= 0.6 is 0 Å². The number of halogens is 1. The minimum atomic E-state index is -0.227. The van der Waals surface area contributed by atoms with Crippen LogP contribution in [0, 0.1) is 11.7 Å². The molecule has 126 valence electrons. The summed E-state index contributed by atoms with van der Waals surface area (Å²) in [7, 11) is 0. The van der Waals surface area contributed by atoms with E-state index in [4.69, 9.17) is 0 Å². The number of rotatable bonds is 4. The lowest BCUT2D eigenvalue weighted by Gasteiger charge is -2.31. The second-order valence-corrected chi connectivity index (χ2v) is 6.41. The van der Waals surface area contributed by atoms with Crippen LogP contribution in [0.5, 0.6) is 0 Å². The third-order valence-corrected chi connectivity index (χ3v) is 4.69. The first kappa shape index (κ1) is 16.6. The van der Waals surface area contributed by atoms with Gasteiger partial charge in [-0.3, -0.25) is 14.8 Å². The maximum Gasteiger partial charge on any atom is 0.219 e. The predicted molar refractivity (Wildman–Crippen MR) is 89.9 cm³/mol. The minimum absolute atomic E-state index is 0.157. The Bertz CT molecular complexity index is 694. The van der Waals surface area contributed by atoms with Gasteiger partial charge in [0.25, 0.3) is 0 Å². The number of aromatic nitrogens is 2. The van der Waals surface area contributed by atoms with Crippen molar-refractivity contribution in [2.24, 2.45) is 5.92 Å². The number of amides is 1. The third-order valence-electron chi connectivity index (χ3n) is 4.69. The fourth-order valence-corrected chi connectivity index (χ4v) is 3.23. The Morgan fingerprint density at radius 3 is 2.38 bits per heavy atom. The quantitative estimate of drug-likeness (QED) is 0.867. The first-order valence-corrected chi connectivity index (χ1v) is 8.40. The molecule has 1 aliphatic rings. The molecule has 1 fully saturated rings. The van der Waals surface area contributed by atoms with Crippen LogP contribution < -0.4 is 0 Å². The van der Waals surface area contributed by atoms with Crippen LogP contribution in [0.3, 0.4) is 0 Å². The molecule has 0 aliphatic carbocycles. The van der Waals surface area contributed by atoms with Crippen LogP contribution in [-0.2, 0) is 17.6 Å². The van der Waals surface area contributed by atoms with Gasteiger partial charge in [-0.25, -0.2) is 4.39 Å². The maximum atomic E-state index is 13.0. The van der Waals surface area contributed by atoms with Crippen LogP contribution in [0.15, 0.2) is 36.7 Å².